The number of alkyl halides is 1. The van der Waals surface area contributed by atoms with Gasteiger partial charge in [-0.2, -0.15) is 0 Å². The van der Waals surface area contributed by atoms with E-state index in [4.69, 9.17) is 0 Å². The van der Waals surface area contributed by atoms with Crippen molar-refractivity contribution in [3.05, 3.63) is 58.0 Å². The number of halogens is 2. The minimum Gasteiger partial charge on any atom is -0.337 e. The Morgan fingerprint density at radius 1 is 1.29 bits per heavy atom. The molecule has 1 aliphatic heterocycles. The summed E-state index contributed by atoms with van der Waals surface area (Å²) in [5.74, 6) is -1.13. The van der Waals surface area contributed by atoms with Crippen molar-refractivity contribution in [2.24, 2.45) is 13.0 Å². The lowest BCUT2D eigenvalue weighted by molar-refractivity contribution is 0.0621. The van der Waals surface area contributed by atoms with Gasteiger partial charge in [0.2, 0.25) is 0 Å². The number of likely N-dealkylation sites (tertiary alicyclic amines) is 1. The Kier molecular flexibility index (Phi) is 4.51. The van der Waals surface area contributed by atoms with E-state index >= 15 is 0 Å². The summed E-state index contributed by atoms with van der Waals surface area (Å²) >= 11 is 0. The first-order valence-corrected chi connectivity index (χ1v) is 7.91. The second kappa shape index (κ2) is 6.59. The fourth-order valence-electron chi connectivity index (χ4n) is 3.11. The number of piperidine rings is 1. The molecule has 1 aromatic carbocycles. The molecular weight excluding hydrogens is 316 g/mol. The maximum atomic E-state index is 14.6. The first-order chi connectivity index (χ1) is 11.5. The predicted octanol–water partition coefficient (Wildman–Crippen LogP) is 2.42. The molecule has 5 nitrogen and oxygen atoms in total. The van der Waals surface area contributed by atoms with Crippen molar-refractivity contribution in [2.45, 2.75) is 19.0 Å². The van der Waals surface area contributed by atoms with Gasteiger partial charge >= 0.3 is 5.69 Å². The van der Waals surface area contributed by atoms with Crippen LogP contribution in [0.3, 0.4) is 0 Å². The zero-order valence-electron chi connectivity index (χ0n) is 13.3. The van der Waals surface area contributed by atoms with Crippen molar-refractivity contribution >= 4 is 5.91 Å². The van der Waals surface area contributed by atoms with Gasteiger partial charge in [-0.25, -0.2) is 13.6 Å². The number of aromatic nitrogens is 2. The Bertz CT molecular complexity index is 791. The van der Waals surface area contributed by atoms with Gasteiger partial charge in [0.25, 0.3) is 5.91 Å². The summed E-state index contributed by atoms with van der Waals surface area (Å²) in [5.41, 5.74) is -0.0434. The predicted molar refractivity (Wildman–Crippen MR) is 84.9 cm³/mol. The molecule has 1 aliphatic rings. The third-order valence-corrected chi connectivity index (χ3v) is 4.56. The van der Waals surface area contributed by atoms with Crippen molar-refractivity contribution in [3.63, 3.8) is 0 Å². The minimum absolute atomic E-state index is 0.0784. The topological polar surface area (TPSA) is 58.1 Å². The van der Waals surface area contributed by atoms with Crippen LogP contribution in [0.2, 0.25) is 0 Å². The number of hydrogen-bond acceptors (Lipinski definition) is 2. The first kappa shape index (κ1) is 16.4. The van der Waals surface area contributed by atoms with Gasteiger partial charge in [-0.15, -0.1) is 0 Å². The summed E-state index contributed by atoms with van der Waals surface area (Å²) in [6.07, 6.45) is 0.991. The van der Waals surface area contributed by atoms with Crippen LogP contribution in [0.15, 0.2) is 35.3 Å². The fourth-order valence-corrected chi connectivity index (χ4v) is 3.11. The number of aryl methyl sites for hydroxylation is 1. The molecule has 7 heteroatoms. The highest BCUT2D eigenvalue weighted by atomic mass is 19.1. The van der Waals surface area contributed by atoms with E-state index < -0.39 is 12.0 Å². The van der Waals surface area contributed by atoms with Crippen LogP contribution >= 0.6 is 0 Å². The Labute approximate surface area is 137 Å². The smallest absolute Gasteiger partial charge is 0.325 e. The van der Waals surface area contributed by atoms with Gasteiger partial charge in [0.05, 0.1) is 0 Å². The molecule has 2 aromatic rings. The number of amides is 1. The number of aromatic amines is 1. The van der Waals surface area contributed by atoms with E-state index in [1.54, 1.807) is 18.0 Å². The summed E-state index contributed by atoms with van der Waals surface area (Å²) < 4.78 is 29.6. The largest absolute Gasteiger partial charge is 0.337 e. The Hall–Kier alpha value is -2.44. The first-order valence-electron chi connectivity index (χ1n) is 7.91. The normalized spacial score (nSPS) is 17.0. The molecule has 2 heterocycles. The zero-order valence-corrected chi connectivity index (χ0v) is 13.3. The molecule has 0 spiro atoms. The third-order valence-electron chi connectivity index (χ3n) is 4.56. The molecule has 0 aliphatic carbocycles. The molecule has 3 rings (SSSR count). The van der Waals surface area contributed by atoms with E-state index in [2.05, 4.69) is 4.98 Å². The quantitative estimate of drug-likeness (QED) is 0.936. The van der Waals surface area contributed by atoms with Crippen LogP contribution < -0.4 is 5.69 Å². The number of H-pyrrole nitrogens is 1. The molecular formula is C17H19F2N3O2. The van der Waals surface area contributed by atoms with Crippen LogP contribution in [0.1, 0.15) is 35.1 Å². The molecule has 1 aromatic heterocycles. The Morgan fingerprint density at radius 2 is 1.96 bits per heavy atom. The number of benzene rings is 1. The fraction of sp³-hybridized carbons (Fsp3) is 0.412. The number of carbonyl (C=O) groups excluding carboxylic acids is 1. The lowest BCUT2D eigenvalue weighted by Crippen LogP contribution is -2.39. The second-order valence-electron chi connectivity index (χ2n) is 6.14. The van der Waals surface area contributed by atoms with Crippen LogP contribution in [-0.2, 0) is 7.05 Å². The highest BCUT2D eigenvalue weighted by molar-refractivity contribution is 5.92. The number of hydrogen-bond donors (Lipinski definition) is 1. The average Bonchev–Trinajstić information content (AvgIpc) is 2.93. The van der Waals surface area contributed by atoms with E-state index in [1.165, 1.54) is 29.0 Å². The lowest BCUT2D eigenvalue weighted by Gasteiger charge is -2.33. The highest BCUT2D eigenvalue weighted by Crippen LogP contribution is 2.35. The van der Waals surface area contributed by atoms with Gasteiger partial charge in [0, 0.05) is 31.9 Å². The summed E-state index contributed by atoms with van der Waals surface area (Å²) in [6, 6.07) is 5.88. The van der Waals surface area contributed by atoms with Crippen LogP contribution in [0.25, 0.3) is 0 Å². The van der Waals surface area contributed by atoms with Crippen molar-refractivity contribution in [1.82, 2.24) is 14.5 Å². The van der Waals surface area contributed by atoms with E-state index in [-0.39, 0.29) is 28.8 Å². The van der Waals surface area contributed by atoms with E-state index in [0.717, 1.165) is 0 Å². The molecule has 24 heavy (non-hydrogen) atoms. The van der Waals surface area contributed by atoms with Gasteiger partial charge in [0.1, 0.15) is 17.7 Å². The van der Waals surface area contributed by atoms with E-state index in [1.807, 2.05) is 0 Å². The molecule has 0 bridgehead atoms. The van der Waals surface area contributed by atoms with Crippen LogP contribution in [-0.4, -0.2) is 33.4 Å². The standard InChI is InChI=1S/C17H19F2N3O2/c1-21-10-14(20-17(21)24)16(23)22-8-6-11(7-9-22)15(19)12-4-2-3-5-13(12)18/h2-5,10-11,15H,6-9H2,1H3,(H,20,24). The van der Waals surface area contributed by atoms with Crippen LogP contribution in [0.5, 0.6) is 0 Å². The third kappa shape index (κ3) is 3.11. The maximum absolute atomic E-state index is 14.6. The number of nitrogens with one attached hydrogen (secondary N) is 1. The molecule has 1 amide bonds. The van der Waals surface area contributed by atoms with Gasteiger partial charge in [-0.05, 0) is 24.8 Å². The molecule has 1 N–H and O–H groups in total. The maximum Gasteiger partial charge on any atom is 0.325 e. The summed E-state index contributed by atoms with van der Waals surface area (Å²) in [5, 5.41) is 0. The van der Waals surface area contributed by atoms with Gasteiger partial charge in [0.15, 0.2) is 0 Å². The molecule has 1 unspecified atom stereocenters. The number of nitrogens with zero attached hydrogens (tertiary/aromatic N) is 2. The monoisotopic (exact) mass is 335 g/mol. The molecule has 1 saturated heterocycles. The van der Waals surface area contributed by atoms with E-state index in [9.17, 15) is 18.4 Å². The molecule has 0 radical (unpaired) electrons. The van der Waals surface area contributed by atoms with Gasteiger partial charge in [-0.3, -0.25) is 4.79 Å². The summed E-state index contributed by atoms with van der Waals surface area (Å²) in [4.78, 5) is 27.9. The number of rotatable bonds is 3. The molecule has 128 valence electrons. The van der Waals surface area contributed by atoms with Crippen LogP contribution in [0.4, 0.5) is 8.78 Å². The zero-order chi connectivity index (χ0) is 17.3. The van der Waals surface area contributed by atoms with Gasteiger partial charge < -0.3 is 14.5 Å². The Morgan fingerprint density at radius 3 is 2.54 bits per heavy atom. The minimum atomic E-state index is -1.38. The molecule has 0 saturated carbocycles. The Balaban J connectivity index is 1.64. The second-order valence-corrected chi connectivity index (χ2v) is 6.14. The van der Waals surface area contributed by atoms with Crippen molar-refractivity contribution in [3.8, 4) is 0 Å². The molecule has 1 atom stereocenters. The van der Waals surface area contributed by atoms with Gasteiger partial charge in [-0.1, -0.05) is 18.2 Å². The number of imidazole rings is 1. The average molecular weight is 335 g/mol. The van der Waals surface area contributed by atoms with E-state index in [0.29, 0.717) is 25.9 Å². The van der Waals surface area contributed by atoms with Crippen LogP contribution in [0, 0.1) is 11.7 Å². The van der Waals surface area contributed by atoms with Crippen molar-refractivity contribution < 1.29 is 13.6 Å². The summed E-state index contributed by atoms with van der Waals surface area (Å²) in [7, 11) is 1.56. The molecule has 1 fully saturated rings. The lowest BCUT2D eigenvalue weighted by atomic mass is 9.88. The SMILES string of the molecule is Cn1cc(C(=O)N2CCC(C(F)c3ccccc3F)CC2)[nH]c1=O. The highest BCUT2D eigenvalue weighted by Gasteiger charge is 2.31. The van der Waals surface area contributed by atoms with Crippen molar-refractivity contribution in [1.29, 1.82) is 0 Å². The van der Waals surface area contributed by atoms with Crippen molar-refractivity contribution in [2.75, 3.05) is 13.1 Å². The number of carbonyl (C=O) groups is 1. The summed E-state index contributed by atoms with van der Waals surface area (Å²) in [6.45, 7) is 0.768.